The minimum absolute atomic E-state index is 0.563. The van der Waals surface area contributed by atoms with E-state index in [2.05, 4.69) is 19.9 Å². The molecule has 0 saturated carbocycles. The standard InChI is InChI=1S/C15H16N6O/c16-13-14(20-5-7-22-8-6-20)17-9-18-15(13)21-10-19-11-3-1-2-4-12(11)21/h1-4,9-10H,5-8,16H2. The number of nitrogen functional groups attached to an aromatic ring is 1. The SMILES string of the molecule is Nc1c(N2CCOCC2)ncnc1-n1cnc2ccccc21. The first-order chi connectivity index (χ1) is 10.8. The smallest absolute Gasteiger partial charge is 0.167 e. The summed E-state index contributed by atoms with van der Waals surface area (Å²) in [6.07, 6.45) is 3.29. The number of benzene rings is 1. The maximum atomic E-state index is 6.34. The summed E-state index contributed by atoms with van der Waals surface area (Å²) in [5.41, 5.74) is 8.79. The van der Waals surface area contributed by atoms with Gasteiger partial charge in [0.2, 0.25) is 0 Å². The summed E-state index contributed by atoms with van der Waals surface area (Å²) in [7, 11) is 0. The molecule has 7 heteroatoms. The van der Waals surface area contributed by atoms with E-state index in [1.54, 1.807) is 12.7 Å². The molecule has 1 fully saturated rings. The third-order valence-corrected chi connectivity index (χ3v) is 3.83. The van der Waals surface area contributed by atoms with Crippen molar-refractivity contribution in [2.24, 2.45) is 0 Å². The average molecular weight is 296 g/mol. The number of rotatable bonds is 2. The second-order valence-corrected chi connectivity index (χ2v) is 5.14. The Morgan fingerprint density at radius 2 is 1.77 bits per heavy atom. The lowest BCUT2D eigenvalue weighted by Crippen LogP contribution is -2.37. The van der Waals surface area contributed by atoms with Crippen molar-refractivity contribution in [2.75, 3.05) is 36.9 Å². The summed E-state index contributed by atoms with van der Waals surface area (Å²) in [6.45, 7) is 2.94. The van der Waals surface area contributed by atoms with E-state index in [-0.39, 0.29) is 0 Å². The maximum absolute atomic E-state index is 6.34. The molecule has 1 aliphatic rings. The number of morpholine rings is 1. The van der Waals surface area contributed by atoms with E-state index in [1.807, 2.05) is 28.8 Å². The predicted octanol–water partition coefficient (Wildman–Crippen LogP) is 1.23. The van der Waals surface area contributed by atoms with Gasteiger partial charge in [-0.2, -0.15) is 0 Å². The fourth-order valence-electron chi connectivity index (χ4n) is 2.72. The Kier molecular flexibility index (Phi) is 3.12. The van der Waals surface area contributed by atoms with Crippen molar-refractivity contribution in [1.82, 2.24) is 19.5 Å². The van der Waals surface area contributed by atoms with Gasteiger partial charge in [-0.25, -0.2) is 15.0 Å². The number of hydrogen-bond acceptors (Lipinski definition) is 6. The zero-order chi connectivity index (χ0) is 14.9. The van der Waals surface area contributed by atoms with Gasteiger partial charge in [0, 0.05) is 13.1 Å². The van der Waals surface area contributed by atoms with Crippen LogP contribution in [0.4, 0.5) is 11.5 Å². The molecule has 3 heterocycles. The number of para-hydroxylation sites is 2. The van der Waals surface area contributed by atoms with Crippen molar-refractivity contribution in [1.29, 1.82) is 0 Å². The Hall–Kier alpha value is -2.67. The summed E-state index contributed by atoms with van der Waals surface area (Å²) < 4.78 is 7.28. The molecule has 1 aliphatic heterocycles. The molecule has 0 amide bonds. The van der Waals surface area contributed by atoms with Gasteiger partial charge in [-0.1, -0.05) is 12.1 Å². The molecule has 1 saturated heterocycles. The van der Waals surface area contributed by atoms with Crippen LogP contribution in [-0.2, 0) is 4.74 Å². The molecule has 112 valence electrons. The van der Waals surface area contributed by atoms with Crippen molar-refractivity contribution in [3.05, 3.63) is 36.9 Å². The fraction of sp³-hybridized carbons (Fsp3) is 0.267. The summed E-state index contributed by atoms with van der Waals surface area (Å²) in [5.74, 6) is 1.41. The van der Waals surface area contributed by atoms with Gasteiger partial charge in [0.05, 0.1) is 24.2 Å². The number of nitrogens with two attached hydrogens (primary N) is 1. The van der Waals surface area contributed by atoms with E-state index in [4.69, 9.17) is 10.5 Å². The zero-order valence-corrected chi connectivity index (χ0v) is 12.0. The van der Waals surface area contributed by atoms with Gasteiger partial charge < -0.3 is 15.4 Å². The highest BCUT2D eigenvalue weighted by Crippen LogP contribution is 2.27. The lowest BCUT2D eigenvalue weighted by Gasteiger charge is -2.28. The van der Waals surface area contributed by atoms with Crippen LogP contribution in [0.25, 0.3) is 16.9 Å². The van der Waals surface area contributed by atoms with Crippen molar-refractivity contribution in [2.45, 2.75) is 0 Å². The lowest BCUT2D eigenvalue weighted by molar-refractivity contribution is 0.122. The maximum Gasteiger partial charge on any atom is 0.167 e. The molecule has 4 rings (SSSR count). The number of aromatic nitrogens is 4. The van der Waals surface area contributed by atoms with Crippen LogP contribution in [0.2, 0.25) is 0 Å². The topological polar surface area (TPSA) is 82.1 Å². The zero-order valence-electron chi connectivity index (χ0n) is 12.0. The van der Waals surface area contributed by atoms with E-state index in [1.165, 1.54) is 0 Å². The van der Waals surface area contributed by atoms with Gasteiger partial charge in [0.15, 0.2) is 11.6 Å². The van der Waals surface area contributed by atoms with E-state index in [0.717, 1.165) is 29.9 Å². The first-order valence-electron chi connectivity index (χ1n) is 7.20. The highest BCUT2D eigenvalue weighted by Gasteiger charge is 2.19. The number of fused-ring (bicyclic) bond motifs is 1. The van der Waals surface area contributed by atoms with Crippen LogP contribution in [0, 0.1) is 0 Å². The number of nitrogens with zero attached hydrogens (tertiary/aromatic N) is 5. The molecule has 0 atom stereocenters. The van der Waals surface area contributed by atoms with Gasteiger partial charge in [0.25, 0.3) is 0 Å². The van der Waals surface area contributed by atoms with Crippen molar-refractivity contribution < 1.29 is 4.74 Å². The first-order valence-corrected chi connectivity index (χ1v) is 7.20. The van der Waals surface area contributed by atoms with Crippen LogP contribution in [0.3, 0.4) is 0 Å². The largest absolute Gasteiger partial charge is 0.393 e. The number of ether oxygens (including phenoxy) is 1. The minimum atomic E-state index is 0.563. The van der Waals surface area contributed by atoms with Crippen LogP contribution in [0.5, 0.6) is 0 Å². The van der Waals surface area contributed by atoms with E-state index < -0.39 is 0 Å². The highest BCUT2D eigenvalue weighted by atomic mass is 16.5. The average Bonchev–Trinajstić information content (AvgIpc) is 3.00. The van der Waals surface area contributed by atoms with Gasteiger partial charge >= 0.3 is 0 Å². The third-order valence-electron chi connectivity index (χ3n) is 3.83. The molecule has 0 spiro atoms. The molecule has 0 radical (unpaired) electrons. The number of anilines is 2. The Bertz CT molecular complexity index is 809. The quantitative estimate of drug-likeness (QED) is 0.766. The van der Waals surface area contributed by atoms with E-state index in [9.17, 15) is 0 Å². The molecular formula is C15H16N6O. The second kappa shape index (κ2) is 5.27. The molecule has 0 bridgehead atoms. The van der Waals surface area contributed by atoms with Crippen LogP contribution >= 0.6 is 0 Å². The molecule has 22 heavy (non-hydrogen) atoms. The van der Waals surface area contributed by atoms with Crippen LogP contribution in [-0.4, -0.2) is 45.8 Å². The Balaban J connectivity index is 1.82. The molecule has 7 nitrogen and oxygen atoms in total. The highest BCUT2D eigenvalue weighted by molar-refractivity contribution is 5.80. The first kappa shape index (κ1) is 13.0. The Morgan fingerprint density at radius 3 is 2.64 bits per heavy atom. The normalized spacial score (nSPS) is 15.4. The molecule has 0 unspecified atom stereocenters. The van der Waals surface area contributed by atoms with Gasteiger partial charge in [-0.3, -0.25) is 4.57 Å². The number of imidazole rings is 1. The molecule has 1 aromatic carbocycles. The summed E-state index contributed by atoms with van der Waals surface area (Å²) in [5, 5.41) is 0. The predicted molar refractivity (Wildman–Crippen MR) is 84.1 cm³/mol. The summed E-state index contributed by atoms with van der Waals surface area (Å²) in [4.78, 5) is 15.2. The minimum Gasteiger partial charge on any atom is -0.393 e. The van der Waals surface area contributed by atoms with Crippen molar-refractivity contribution in [3.63, 3.8) is 0 Å². The summed E-state index contributed by atoms with van der Waals surface area (Å²) >= 11 is 0. The fourth-order valence-corrected chi connectivity index (χ4v) is 2.72. The van der Waals surface area contributed by atoms with Gasteiger partial charge in [0.1, 0.15) is 18.3 Å². The lowest BCUT2D eigenvalue weighted by atomic mass is 10.3. The van der Waals surface area contributed by atoms with Gasteiger partial charge in [-0.15, -0.1) is 0 Å². The third kappa shape index (κ3) is 2.06. The van der Waals surface area contributed by atoms with Crippen LogP contribution < -0.4 is 10.6 Å². The molecular weight excluding hydrogens is 280 g/mol. The number of hydrogen-bond donors (Lipinski definition) is 1. The van der Waals surface area contributed by atoms with E-state index >= 15 is 0 Å². The molecule has 2 N–H and O–H groups in total. The van der Waals surface area contributed by atoms with Crippen molar-refractivity contribution >= 4 is 22.5 Å². The van der Waals surface area contributed by atoms with Crippen LogP contribution in [0.1, 0.15) is 0 Å². The Morgan fingerprint density at radius 1 is 1.00 bits per heavy atom. The second-order valence-electron chi connectivity index (χ2n) is 5.14. The van der Waals surface area contributed by atoms with Crippen molar-refractivity contribution in [3.8, 4) is 5.82 Å². The summed E-state index contributed by atoms with van der Waals surface area (Å²) in [6, 6.07) is 7.90. The molecule has 2 aromatic heterocycles. The molecule has 3 aromatic rings. The van der Waals surface area contributed by atoms with Crippen LogP contribution in [0.15, 0.2) is 36.9 Å². The van der Waals surface area contributed by atoms with E-state index in [0.29, 0.717) is 24.7 Å². The van der Waals surface area contributed by atoms with Gasteiger partial charge in [-0.05, 0) is 12.1 Å². The Labute approximate surface area is 127 Å². The molecule has 0 aliphatic carbocycles. The monoisotopic (exact) mass is 296 g/mol.